The summed E-state index contributed by atoms with van der Waals surface area (Å²) in [5, 5.41) is 0. The Hall–Kier alpha value is -2.68. The minimum absolute atomic E-state index is 0.0835. The van der Waals surface area contributed by atoms with E-state index in [0.717, 1.165) is 6.42 Å². The Morgan fingerprint density at radius 3 is 1.74 bits per heavy atom. The fourth-order valence-corrected chi connectivity index (χ4v) is 4.60. The van der Waals surface area contributed by atoms with Gasteiger partial charge in [-0.2, -0.15) is 0 Å². The first-order valence-corrected chi connectivity index (χ1v) is 7.98. The van der Waals surface area contributed by atoms with Crippen LogP contribution in [0.1, 0.15) is 40.5 Å². The molecule has 1 unspecified atom stereocenters. The number of imide groups is 1. The molecule has 2 aromatic carbocycles. The molecule has 1 atom stereocenters. The van der Waals surface area contributed by atoms with Gasteiger partial charge in [-0.25, -0.2) is 0 Å². The molecule has 1 aliphatic heterocycles. The summed E-state index contributed by atoms with van der Waals surface area (Å²) in [5.41, 5.74) is 5.22. The molecule has 2 aromatic rings. The lowest BCUT2D eigenvalue weighted by Gasteiger charge is -2.47. The molecule has 0 spiro atoms. The van der Waals surface area contributed by atoms with Gasteiger partial charge in [0.05, 0.1) is 6.04 Å². The monoisotopic (exact) mass is 301 g/mol. The molecule has 2 amide bonds. The highest BCUT2D eigenvalue weighted by molar-refractivity contribution is 6.13. The van der Waals surface area contributed by atoms with Gasteiger partial charge in [-0.3, -0.25) is 14.5 Å². The smallest absolute Gasteiger partial charge is 0.253 e. The van der Waals surface area contributed by atoms with E-state index >= 15 is 0 Å². The quantitative estimate of drug-likeness (QED) is 0.759. The summed E-state index contributed by atoms with van der Waals surface area (Å²) in [7, 11) is 0. The Bertz CT molecular complexity index is 817. The van der Waals surface area contributed by atoms with Crippen LogP contribution in [0.5, 0.6) is 0 Å². The number of hydrogen-bond donors (Lipinski definition) is 0. The summed E-state index contributed by atoms with van der Waals surface area (Å²) in [6.07, 6.45) is 3.60. The molecule has 0 radical (unpaired) electrons. The van der Waals surface area contributed by atoms with Crippen LogP contribution < -0.4 is 0 Å². The molecule has 0 saturated carbocycles. The van der Waals surface area contributed by atoms with E-state index in [-0.39, 0.29) is 29.7 Å². The lowest BCUT2D eigenvalue weighted by Crippen LogP contribution is -2.49. The molecular weight excluding hydrogens is 286 g/mol. The van der Waals surface area contributed by atoms with Crippen LogP contribution in [0.15, 0.2) is 60.7 Å². The van der Waals surface area contributed by atoms with E-state index in [1.54, 1.807) is 0 Å². The van der Waals surface area contributed by atoms with Crippen molar-refractivity contribution < 1.29 is 9.59 Å². The van der Waals surface area contributed by atoms with Crippen molar-refractivity contribution in [1.29, 1.82) is 0 Å². The second-order valence-electron chi connectivity index (χ2n) is 6.47. The van der Waals surface area contributed by atoms with Gasteiger partial charge in [0.1, 0.15) is 0 Å². The third-order valence-electron chi connectivity index (χ3n) is 5.45. The topological polar surface area (TPSA) is 37.4 Å². The van der Waals surface area contributed by atoms with Crippen molar-refractivity contribution in [2.24, 2.45) is 0 Å². The maximum Gasteiger partial charge on any atom is 0.253 e. The first kappa shape index (κ1) is 12.8. The van der Waals surface area contributed by atoms with E-state index in [1.165, 1.54) is 39.3 Å². The van der Waals surface area contributed by atoms with Gasteiger partial charge in [-0.15, -0.1) is 0 Å². The molecule has 3 aliphatic carbocycles. The summed E-state index contributed by atoms with van der Waals surface area (Å²) >= 11 is 0. The second-order valence-corrected chi connectivity index (χ2v) is 6.47. The minimum Gasteiger partial charge on any atom is -0.271 e. The van der Waals surface area contributed by atoms with Crippen molar-refractivity contribution in [3.8, 4) is 0 Å². The minimum atomic E-state index is -0.178. The molecule has 112 valence electrons. The number of carbonyl (C=O) groups is 2. The lowest BCUT2D eigenvalue weighted by atomic mass is 9.61. The summed E-state index contributed by atoms with van der Waals surface area (Å²) in [6, 6.07) is 16.8. The molecule has 3 nitrogen and oxygen atoms in total. The van der Waals surface area contributed by atoms with Crippen molar-refractivity contribution >= 4 is 11.8 Å². The van der Waals surface area contributed by atoms with Gasteiger partial charge in [0, 0.05) is 24.0 Å². The summed E-state index contributed by atoms with van der Waals surface area (Å²) < 4.78 is 0. The second kappa shape index (κ2) is 4.42. The molecule has 6 rings (SSSR count). The van der Waals surface area contributed by atoms with Crippen molar-refractivity contribution in [1.82, 2.24) is 4.90 Å². The van der Waals surface area contributed by atoms with Gasteiger partial charge in [-0.1, -0.05) is 48.5 Å². The summed E-state index contributed by atoms with van der Waals surface area (Å²) in [6.45, 7) is 0. The Labute approximate surface area is 134 Å². The number of hydrogen-bond acceptors (Lipinski definition) is 2. The van der Waals surface area contributed by atoms with Crippen LogP contribution in [0.3, 0.4) is 0 Å². The number of amides is 2. The van der Waals surface area contributed by atoms with Gasteiger partial charge in [0.2, 0.25) is 0 Å². The molecule has 4 aliphatic rings. The number of fused-ring (bicyclic) bond motifs is 1. The Morgan fingerprint density at radius 1 is 0.739 bits per heavy atom. The highest BCUT2D eigenvalue weighted by atomic mass is 16.2. The zero-order valence-corrected chi connectivity index (χ0v) is 12.5. The standard InChI is InChI=1S/C20H15NO2/c22-18-9-10-19(23)21(18)17-11-16-12-5-1-3-7-14(12)20(17)15-8-4-2-6-13(15)16/h1-10,16-17,20H,11H2. The fraction of sp³-hybridized carbons (Fsp3) is 0.200. The van der Waals surface area contributed by atoms with E-state index in [4.69, 9.17) is 0 Å². The summed E-state index contributed by atoms with van der Waals surface area (Å²) in [5.74, 6) is -0.0103. The summed E-state index contributed by atoms with van der Waals surface area (Å²) in [4.78, 5) is 25.9. The molecule has 0 N–H and O–H groups in total. The molecule has 1 heterocycles. The zero-order valence-electron chi connectivity index (χ0n) is 12.5. The average molecular weight is 301 g/mol. The number of benzene rings is 2. The van der Waals surface area contributed by atoms with E-state index in [0.29, 0.717) is 0 Å². The third kappa shape index (κ3) is 1.59. The van der Waals surface area contributed by atoms with Crippen LogP contribution in [0, 0.1) is 0 Å². The van der Waals surface area contributed by atoms with Gasteiger partial charge < -0.3 is 0 Å². The zero-order chi connectivity index (χ0) is 15.6. The molecular formula is C20H15NO2. The first-order chi connectivity index (χ1) is 11.3. The maximum absolute atomic E-state index is 12.2. The highest BCUT2D eigenvalue weighted by Gasteiger charge is 2.48. The molecule has 0 aromatic heterocycles. The van der Waals surface area contributed by atoms with Crippen LogP contribution in [-0.2, 0) is 9.59 Å². The van der Waals surface area contributed by atoms with E-state index in [9.17, 15) is 9.59 Å². The molecule has 0 fully saturated rings. The van der Waals surface area contributed by atoms with Crippen molar-refractivity contribution in [2.75, 3.05) is 0 Å². The van der Waals surface area contributed by atoms with Crippen molar-refractivity contribution in [3.63, 3.8) is 0 Å². The number of carbonyl (C=O) groups excluding carboxylic acids is 2. The predicted octanol–water partition coefficient (Wildman–Crippen LogP) is 2.96. The van der Waals surface area contributed by atoms with Crippen LogP contribution in [0.4, 0.5) is 0 Å². The Balaban J connectivity index is 1.72. The average Bonchev–Trinajstić information content (AvgIpc) is 2.93. The van der Waals surface area contributed by atoms with Crippen molar-refractivity contribution in [2.45, 2.75) is 24.3 Å². The van der Waals surface area contributed by atoms with E-state index < -0.39 is 0 Å². The Kier molecular flexibility index (Phi) is 2.46. The third-order valence-corrected chi connectivity index (χ3v) is 5.45. The maximum atomic E-state index is 12.2. The van der Waals surface area contributed by atoms with E-state index in [1.807, 2.05) is 12.1 Å². The Morgan fingerprint density at radius 2 is 1.22 bits per heavy atom. The fourth-order valence-electron chi connectivity index (χ4n) is 4.60. The van der Waals surface area contributed by atoms with Gasteiger partial charge in [-0.05, 0) is 28.7 Å². The SMILES string of the molecule is O=C1C=CC(=O)N1C1CC2c3ccccc3C1c1ccccc12. The van der Waals surface area contributed by atoms with Crippen LogP contribution in [-0.4, -0.2) is 22.8 Å². The molecule has 23 heavy (non-hydrogen) atoms. The lowest BCUT2D eigenvalue weighted by molar-refractivity contribution is -0.140. The predicted molar refractivity (Wildman–Crippen MR) is 86.0 cm³/mol. The largest absolute Gasteiger partial charge is 0.271 e. The van der Waals surface area contributed by atoms with Crippen molar-refractivity contribution in [3.05, 3.63) is 82.9 Å². The molecule has 2 bridgehead atoms. The van der Waals surface area contributed by atoms with Crippen LogP contribution in [0.2, 0.25) is 0 Å². The molecule has 0 saturated heterocycles. The normalized spacial score (nSPS) is 27.3. The highest BCUT2D eigenvalue weighted by Crippen LogP contribution is 2.54. The number of rotatable bonds is 1. The number of nitrogens with zero attached hydrogens (tertiary/aromatic N) is 1. The van der Waals surface area contributed by atoms with Gasteiger partial charge in [0.15, 0.2) is 0 Å². The van der Waals surface area contributed by atoms with Crippen LogP contribution >= 0.6 is 0 Å². The molecule has 3 heteroatoms. The first-order valence-electron chi connectivity index (χ1n) is 7.98. The van der Waals surface area contributed by atoms with Gasteiger partial charge >= 0.3 is 0 Å². The van der Waals surface area contributed by atoms with E-state index in [2.05, 4.69) is 36.4 Å². The van der Waals surface area contributed by atoms with Gasteiger partial charge in [0.25, 0.3) is 11.8 Å². The van der Waals surface area contributed by atoms with Crippen LogP contribution in [0.25, 0.3) is 0 Å².